The standard InChI is InChI=1S/C15H23NO3/c1-4-13(10-17)16-15(18)8-11(2)12-6-5-7-14(9-12)19-3/h5-7,9,11,13,17H,4,8,10H2,1-3H3,(H,16,18)/t11-,13-/m0/s1. The first-order valence-electron chi connectivity index (χ1n) is 6.64. The van der Waals surface area contributed by atoms with Gasteiger partial charge in [-0.3, -0.25) is 4.79 Å². The highest BCUT2D eigenvalue weighted by atomic mass is 16.5. The van der Waals surface area contributed by atoms with Crippen molar-refractivity contribution in [3.8, 4) is 5.75 Å². The maximum atomic E-state index is 11.9. The molecular formula is C15H23NO3. The molecule has 0 spiro atoms. The first-order valence-corrected chi connectivity index (χ1v) is 6.64. The topological polar surface area (TPSA) is 58.6 Å². The lowest BCUT2D eigenvalue weighted by Gasteiger charge is -2.17. The minimum absolute atomic E-state index is 0.0181. The van der Waals surface area contributed by atoms with Crippen LogP contribution in [0, 0.1) is 0 Å². The first-order chi connectivity index (χ1) is 9.10. The molecule has 106 valence electrons. The Hall–Kier alpha value is -1.55. The smallest absolute Gasteiger partial charge is 0.220 e. The summed E-state index contributed by atoms with van der Waals surface area (Å²) in [4.78, 5) is 11.9. The maximum absolute atomic E-state index is 11.9. The van der Waals surface area contributed by atoms with E-state index in [0.717, 1.165) is 17.7 Å². The van der Waals surface area contributed by atoms with Crippen LogP contribution in [0.1, 0.15) is 38.2 Å². The van der Waals surface area contributed by atoms with Crippen molar-refractivity contribution >= 4 is 5.91 Å². The molecule has 1 aromatic rings. The van der Waals surface area contributed by atoms with Crippen molar-refractivity contribution in [2.45, 2.75) is 38.6 Å². The van der Waals surface area contributed by atoms with Crippen molar-refractivity contribution in [3.63, 3.8) is 0 Å². The van der Waals surface area contributed by atoms with Gasteiger partial charge in [0.05, 0.1) is 19.8 Å². The van der Waals surface area contributed by atoms with Crippen LogP contribution in [0.25, 0.3) is 0 Å². The van der Waals surface area contributed by atoms with Crippen LogP contribution in [-0.2, 0) is 4.79 Å². The molecule has 0 saturated carbocycles. The van der Waals surface area contributed by atoms with Crippen LogP contribution in [0.4, 0.5) is 0 Å². The van der Waals surface area contributed by atoms with Gasteiger partial charge < -0.3 is 15.2 Å². The molecule has 1 amide bonds. The van der Waals surface area contributed by atoms with Gasteiger partial charge in [-0.15, -0.1) is 0 Å². The summed E-state index contributed by atoms with van der Waals surface area (Å²) in [6.07, 6.45) is 1.14. The third-order valence-corrected chi connectivity index (χ3v) is 3.23. The lowest BCUT2D eigenvalue weighted by Crippen LogP contribution is -2.37. The maximum Gasteiger partial charge on any atom is 0.220 e. The average molecular weight is 265 g/mol. The van der Waals surface area contributed by atoms with Crippen LogP contribution < -0.4 is 10.1 Å². The van der Waals surface area contributed by atoms with Crippen LogP contribution in [-0.4, -0.2) is 30.8 Å². The number of carbonyl (C=O) groups is 1. The predicted molar refractivity (Wildman–Crippen MR) is 75.3 cm³/mol. The summed E-state index contributed by atoms with van der Waals surface area (Å²) in [6.45, 7) is 3.93. The van der Waals surface area contributed by atoms with Crippen LogP contribution >= 0.6 is 0 Å². The van der Waals surface area contributed by atoms with E-state index in [1.54, 1.807) is 7.11 Å². The fourth-order valence-corrected chi connectivity index (χ4v) is 1.91. The van der Waals surface area contributed by atoms with Crippen molar-refractivity contribution in [2.24, 2.45) is 0 Å². The summed E-state index contributed by atoms with van der Waals surface area (Å²) in [5, 5.41) is 11.9. The van der Waals surface area contributed by atoms with Crippen LogP contribution in [0.5, 0.6) is 5.75 Å². The van der Waals surface area contributed by atoms with E-state index in [1.165, 1.54) is 0 Å². The van der Waals surface area contributed by atoms with E-state index in [2.05, 4.69) is 5.32 Å². The van der Waals surface area contributed by atoms with E-state index in [1.807, 2.05) is 38.1 Å². The summed E-state index contributed by atoms with van der Waals surface area (Å²) < 4.78 is 5.18. The Labute approximate surface area is 114 Å². The number of ether oxygens (including phenoxy) is 1. The second kappa shape index (κ2) is 7.79. The lowest BCUT2D eigenvalue weighted by molar-refractivity contribution is -0.122. The zero-order chi connectivity index (χ0) is 14.3. The van der Waals surface area contributed by atoms with E-state index < -0.39 is 0 Å². The summed E-state index contributed by atoms with van der Waals surface area (Å²) in [6, 6.07) is 7.59. The van der Waals surface area contributed by atoms with Gasteiger partial charge in [0.1, 0.15) is 5.75 Å². The molecule has 19 heavy (non-hydrogen) atoms. The highest BCUT2D eigenvalue weighted by Crippen LogP contribution is 2.23. The summed E-state index contributed by atoms with van der Waals surface area (Å²) in [5.41, 5.74) is 1.08. The molecule has 0 unspecified atom stereocenters. The van der Waals surface area contributed by atoms with Crippen molar-refractivity contribution in [2.75, 3.05) is 13.7 Å². The molecule has 0 heterocycles. The number of aliphatic hydroxyl groups is 1. The molecule has 0 bridgehead atoms. The van der Waals surface area contributed by atoms with Gasteiger partial charge in [-0.25, -0.2) is 0 Å². The van der Waals surface area contributed by atoms with Crippen LogP contribution in [0.15, 0.2) is 24.3 Å². The third-order valence-electron chi connectivity index (χ3n) is 3.23. The highest BCUT2D eigenvalue weighted by molar-refractivity contribution is 5.77. The molecular weight excluding hydrogens is 242 g/mol. The zero-order valence-corrected chi connectivity index (χ0v) is 11.8. The van der Waals surface area contributed by atoms with Gasteiger partial charge in [-0.2, -0.15) is 0 Å². The summed E-state index contributed by atoms with van der Waals surface area (Å²) >= 11 is 0. The molecule has 0 aliphatic carbocycles. The number of methoxy groups -OCH3 is 1. The zero-order valence-electron chi connectivity index (χ0n) is 11.8. The molecule has 1 rings (SSSR count). The Balaban J connectivity index is 2.58. The molecule has 4 heteroatoms. The summed E-state index contributed by atoms with van der Waals surface area (Å²) in [7, 11) is 1.63. The molecule has 0 aliphatic rings. The van der Waals surface area contributed by atoms with E-state index >= 15 is 0 Å². The number of amides is 1. The Bertz CT molecular complexity index is 402. The van der Waals surface area contributed by atoms with Gasteiger partial charge in [-0.1, -0.05) is 26.0 Å². The van der Waals surface area contributed by atoms with Gasteiger partial charge in [0.2, 0.25) is 5.91 Å². The van der Waals surface area contributed by atoms with E-state index in [9.17, 15) is 4.79 Å². The molecule has 4 nitrogen and oxygen atoms in total. The van der Waals surface area contributed by atoms with E-state index in [4.69, 9.17) is 9.84 Å². The van der Waals surface area contributed by atoms with Crippen molar-refractivity contribution < 1.29 is 14.6 Å². The molecule has 2 atom stereocenters. The summed E-state index contributed by atoms with van der Waals surface area (Å²) in [5.74, 6) is 0.883. The molecule has 0 aromatic heterocycles. The molecule has 0 aliphatic heterocycles. The molecule has 0 radical (unpaired) electrons. The van der Waals surface area contributed by atoms with E-state index in [-0.39, 0.29) is 24.5 Å². The Morgan fingerprint density at radius 3 is 2.79 bits per heavy atom. The highest BCUT2D eigenvalue weighted by Gasteiger charge is 2.14. The quantitative estimate of drug-likeness (QED) is 0.793. The van der Waals surface area contributed by atoms with E-state index in [0.29, 0.717) is 6.42 Å². The fraction of sp³-hybridized carbons (Fsp3) is 0.533. The van der Waals surface area contributed by atoms with Gasteiger partial charge >= 0.3 is 0 Å². The number of hydrogen-bond donors (Lipinski definition) is 2. The van der Waals surface area contributed by atoms with Gasteiger partial charge in [-0.05, 0) is 30.0 Å². The number of carbonyl (C=O) groups excluding carboxylic acids is 1. The Morgan fingerprint density at radius 1 is 1.47 bits per heavy atom. The first kappa shape index (κ1) is 15.5. The van der Waals surface area contributed by atoms with Gasteiger partial charge in [0.25, 0.3) is 0 Å². The van der Waals surface area contributed by atoms with Crippen LogP contribution in [0.3, 0.4) is 0 Å². The second-order valence-electron chi connectivity index (χ2n) is 4.74. The Morgan fingerprint density at radius 2 is 2.21 bits per heavy atom. The van der Waals surface area contributed by atoms with Crippen molar-refractivity contribution in [1.29, 1.82) is 0 Å². The SMILES string of the molecule is CC[C@@H](CO)NC(=O)C[C@H](C)c1cccc(OC)c1. The van der Waals surface area contributed by atoms with Gasteiger partial charge in [0, 0.05) is 6.42 Å². The second-order valence-corrected chi connectivity index (χ2v) is 4.74. The number of aliphatic hydroxyl groups excluding tert-OH is 1. The lowest BCUT2D eigenvalue weighted by atomic mass is 9.97. The Kier molecular flexibility index (Phi) is 6.36. The monoisotopic (exact) mass is 265 g/mol. The van der Waals surface area contributed by atoms with Gasteiger partial charge in [0.15, 0.2) is 0 Å². The number of benzene rings is 1. The number of nitrogens with one attached hydrogen (secondary N) is 1. The number of hydrogen-bond acceptors (Lipinski definition) is 3. The minimum Gasteiger partial charge on any atom is -0.497 e. The molecule has 1 aromatic carbocycles. The van der Waals surface area contributed by atoms with Crippen molar-refractivity contribution in [3.05, 3.63) is 29.8 Å². The minimum atomic E-state index is -0.148. The fourth-order valence-electron chi connectivity index (χ4n) is 1.91. The number of rotatable bonds is 7. The molecule has 0 fully saturated rings. The largest absolute Gasteiger partial charge is 0.497 e. The van der Waals surface area contributed by atoms with Crippen molar-refractivity contribution in [1.82, 2.24) is 5.32 Å². The van der Waals surface area contributed by atoms with Crippen LogP contribution in [0.2, 0.25) is 0 Å². The molecule has 0 saturated heterocycles. The third kappa shape index (κ3) is 4.91. The molecule has 2 N–H and O–H groups in total. The normalized spacial score (nSPS) is 13.7. The predicted octanol–water partition coefficient (Wildman–Crippen LogP) is 2.08. The average Bonchev–Trinajstić information content (AvgIpc) is 2.44.